The number of allylic oxidation sites excluding steroid dienone is 1. The molecule has 0 saturated heterocycles. The molecule has 38 heavy (non-hydrogen) atoms. The number of pyridine rings is 1. The zero-order chi connectivity index (χ0) is 27.6. The van der Waals surface area contributed by atoms with Gasteiger partial charge in [-0.1, -0.05) is 36.9 Å². The van der Waals surface area contributed by atoms with E-state index in [-0.39, 0.29) is 18.3 Å². The number of rotatable bonds is 9. The highest BCUT2D eigenvalue weighted by atomic mass is 19.1. The highest BCUT2D eigenvalue weighted by molar-refractivity contribution is 6.05. The molecule has 0 aliphatic heterocycles. The smallest absolute Gasteiger partial charge is 0.339 e. The molecule has 0 bridgehead atoms. The van der Waals surface area contributed by atoms with E-state index in [2.05, 4.69) is 21.4 Å². The van der Waals surface area contributed by atoms with E-state index in [1.54, 1.807) is 26.8 Å². The summed E-state index contributed by atoms with van der Waals surface area (Å²) >= 11 is 0. The second-order valence-electron chi connectivity index (χ2n) is 9.97. The summed E-state index contributed by atoms with van der Waals surface area (Å²) in [4.78, 5) is 34.8. The fraction of sp³-hybridized carbons (Fsp3) is 0.258. The molecule has 4 rings (SSSR count). The van der Waals surface area contributed by atoms with Crippen molar-refractivity contribution in [1.82, 2.24) is 14.9 Å². The molecule has 0 fully saturated rings. The number of ether oxygens (including phenoxy) is 1. The van der Waals surface area contributed by atoms with Crippen molar-refractivity contribution in [1.29, 1.82) is 0 Å². The summed E-state index contributed by atoms with van der Waals surface area (Å²) in [7, 11) is 4.02. The molecule has 0 spiro atoms. The summed E-state index contributed by atoms with van der Waals surface area (Å²) < 4.78 is 20.6. The largest absolute Gasteiger partial charge is 0.459 e. The van der Waals surface area contributed by atoms with Gasteiger partial charge in [0, 0.05) is 30.1 Å². The van der Waals surface area contributed by atoms with Crippen molar-refractivity contribution in [2.24, 2.45) is 0 Å². The molecule has 6 nitrogen and oxygen atoms in total. The molecule has 1 N–H and O–H groups in total. The molecule has 4 aromatic rings. The third kappa shape index (κ3) is 5.73. The topological polar surface area (TPSA) is 75.3 Å². The van der Waals surface area contributed by atoms with Crippen molar-refractivity contribution in [2.75, 3.05) is 14.1 Å². The van der Waals surface area contributed by atoms with Crippen molar-refractivity contribution in [3.63, 3.8) is 0 Å². The zero-order valence-corrected chi connectivity index (χ0v) is 22.4. The van der Waals surface area contributed by atoms with Crippen molar-refractivity contribution in [3.05, 3.63) is 89.4 Å². The summed E-state index contributed by atoms with van der Waals surface area (Å²) in [6.07, 6.45) is 2.48. The first-order valence-corrected chi connectivity index (χ1v) is 12.5. The minimum Gasteiger partial charge on any atom is -0.459 e. The Morgan fingerprint density at radius 1 is 1.13 bits per heavy atom. The third-order valence-electron chi connectivity index (χ3n) is 6.30. The Morgan fingerprint density at radius 3 is 2.47 bits per heavy atom. The van der Waals surface area contributed by atoms with E-state index < -0.39 is 11.8 Å². The first-order chi connectivity index (χ1) is 18.1. The van der Waals surface area contributed by atoms with Gasteiger partial charge in [-0.15, -0.1) is 0 Å². The lowest BCUT2D eigenvalue weighted by atomic mass is 9.93. The maximum atomic E-state index is 15.2. The van der Waals surface area contributed by atoms with Gasteiger partial charge >= 0.3 is 5.97 Å². The summed E-state index contributed by atoms with van der Waals surface area (Å²) in [5.74, 6) is -1.09. The second-order valence-corrected chi connectivity index (χ2v) is 9.97. The van der Waals surface area contributed by atoms with E-state index in [4.69, 9.17) is 4.74 Å². The van der Waals surface area contributed by atoms with Crippen molar-refractivity contribution in [3.8, 4) is 22.4 Å². The van der Waals surface area contributed by atoms with Crippen molar-refractivity contribution in [2.45, 2.75) is 39.8 Å². The number of aromatic nitrogens is 2. The molecule has 0 aliphatic carbocycles. The molecular formula is C31H32FN3O3. The van der Waals surface area contributed by atoms with E-state index in [0.29, 0.717) is 38.9 Å². The number of fused-ring (bicyclic) bond motifs is 1. The number of esters is 1. The van der Waals surface area contributed by atoms with Crippen LogP contribution in [0.3, 0.4) is 0 Å². The van der Waals surface area contributed by atoms with Crippen LogP contribution in [-0.2, 0) is 22.5 Å². The van der Waals surface area contributed by atoms with Gasteiger partial charge in [-0.05, 0) is 80.9 Å². The van der Waals surface area contributed by atoms with Crippen LogP contribution in [-0.4, -0.2) is 46.8 Å². The predicted molar refractivity (Wildman–Crippen MR) is 149 cm³/mol. The predicted octanol–water partition coefficient (Wildman–Crippen LogP) is 6.27. The van der Waals surface area contributed by atoms with Gasteiger partial charge in [0.05, 0.1) is 17.4 Å². The van der Waals surface area contributed by atoms with Crippen LogP contribution in [0.1, 0.15) is 40.9 Å². The summed E-state index contributed by atoms with van der Waals surface area (Å²) in [6.45, 7) is 9.57. The molecule has 2 heterocycles. The number of carbonyl (C=O) groups is 2. The molecular weight excluding hydrogens is 481 g/mol. The zero-order valence-electron chi connectivity index (χ0n) is 22.4. The molecule has 196 valence electrons. The lowest BCUT2D eigenvalue weighted by Gasteiger charge is -2.13. The summed E-state index contributed by atoms with van der Waals surface area (Å²) in [5, 5.41) is 0.653. The Hall–Kier alpha value is -4.10. The van der Waals surface area contributed by atoms with Crippen LogP contribution < -0.4 is 0 Å². The molecule has 0 radical (unpaired) electrons. The number of H-pyrrole nitrogens is 1. The monoisotopic (exact) mass is 513 g/mol. The maximum absolute atomic E-state index is 15.2. The van der Waals surface area contributed by atoms with Crippen LogP contribution >= 0.6 is 0 Å². The Morgan fingerprint density at radius 2 is 1.84 bits per heavy atom. The van der Waals surface area contributed by atoms with Gasteiger partial charge in [0.2, 0.25) is 0 Å². The van der Waals surface area contributed by atoms with E-state index >= 15 is 4.39 Å². The number of aromatic amines is 1. The average Bonchev–Trinajstić information content (AvgIpc) is 3.25. The number of nitrogens with one attached hydrogen (secondary N) is 1. The van der Waals surface area contributed by atoms with Crippen LogP contribution in [0.5, 0.6) is 0 Å². The van der Waals surface area contributed by atoms with E-state index in [1.165, 1.54) is 18.3 Å². The van der Waals surface area contributed by atoms with Gasteiger partial charge in [0.15, 0.2) is 5.78 Å². The molecule has 0 saturated carbocycles. The third-order valence-corrected chi connectivity index (χ3v) is 6.30. The number of ketones is 1. The number of halogens is 1. The van der Waals surface area contributed by atoms with Gasteiger partial charge < -0.3 is 14.6 Å². The molecule has 0 atom stereocenters. The maximum Gasteiger partial charge on any atom is 0.339 e. The normalized spacial score (nSPS) is 11.4. The molecule has 2 aromatic heterocycles. The van der Waals surface area contributed by atoms with Crippen molar-refractivity contribution >= 4 is 22.8 Å². The molecule has 0 amide bonds. The first kappa shape index (κ1) is 26.9. The van der Waals surface area contributed by atoms with E-state index in [0.717, 1.165) is 23.4 Å². The van der Waals surface area contributed by atoms with Gasteiger partial charge in [-0.25, -0.2) is 14.2 Å². The summed E-state index contributed by atoms with van der Waals surface area (Å²) in [5.41, 5.74) is 5.90. The number of carbonyl (C=O) groups excluding carboxylic acids is 2. The van der Waals surface area contributed by atoms with Crippen LogP contribution in [0.2, 0.25) is 0 Å². The van der Waals surface area contributed by atoms with Gasteiger partial charge in [-0.3, -0.25) is 4.79 Å². The van der Waals surface area contributed by atoms with Gasteiger partial charge in [0.1, 0.15) is 11.5 Å². The minimum atomic E-state index is -0.483. The van der Waals surface area contributed by atoms with Crippen LogP contribution in [0.15, 0.2) is 61.3 Å². The van der Waals surface area contributed by atoms with Crippen LogP contribution in [0.25, 0.3) is 33.4 Å². The Bertz CT molecular complexity index is 1520. The fourth-order valence-corrected chi connectivity index (χ4v) is 4.45. The molecule has 0 aliphatic rings. The Balaban J connectivity index is 1.95. The Kier molecular flexibility index (Phi) is 7.88. The molecule has 2 aromatic carbocycles. The number of hydrogen-bond donors (Lipinski definition) is 1. The number of hydrogen-bond acceptors (Lipinski definition) is 5. The van der Waals surface area contributed by atoms with Crippen LogP contribution in [0, 0.1) is 12.7 Å². The molecule has 7 heteroatoms. The fourth-order valence-electron chi connectivity index (χ4n) is 4.45. The standard InChI is InChI=1S/C31H32FN3O3/c1-7-25(36)13-22-12-23(15-27(32)19(22)4)28-26-14-24(31(37)38-18(2)3)16-33-30(26)34-29(28)21-10-8-20(9-11-21)17-35(5)6/h7-12,14-16,18H,1,13,17H2,2-6H3,(H,33,34). The van der Waals surface area contributed by atoms with Crippen LogP contribution in [0.4, 0.5) is 4.39 Å². The SMILES string of the molecule is C=CC(=O)Cc1cc(-c2c(-c3ccc(CN(C)C)cc3)[nH]c3ncc(C(=O)OC(C)C)cc23)cc(F)c1C. The van der Waals surface area contributed by atoms with Crippen molar-refractivity contribution < 1.29 is 18.7 Å². The second kappa shape index (κ2) is 11.1. The highest BCUT2D eigenvalue weighted by Crippen LogP contribution is 2.39. The van der Waals surface area contributed by atoms with Gasteiger partial charge in [-0.2, -0.15) is 0 Å². The number of benzene rings is 2. The minimum absolute atomic E-state index is 0.0429. The van der Waals surface area contributed by atoms with E-state index in [1.807, 2.05) is 44.4 Å². The quantitative estimate of drug-likeness (QED) is 0.211. The summed E-state index contributed by atoms with van der Waals surface area (Å²) in [6, 6.07) is 13.1. The van der Waals surface area contributed by atoms with Gasteiger partial charge in [0.25, 0.3) is 0 Å². The average molecular weight is 514 g/mol. The Labute approximate surface area is 222 Å². The highest BCUT2D eigenvalue weighted by Gasteiger charge is 2.21. The lowest BCUT2D eigenvalue weighted by Crippen LogP contribution is -2.11. The lowest BCUT2D eigenvalue weighted by molar-refractivity contribution is -0.114. The number of nitrogens with zero attached hydrogens (tertiary/aromatic N) is 2. The first-order valence-electron chi connectivity index (χ1n) is 12.5. The van der Waals surface area contributed by atoms with E-state index in [9.17, 15) is 9.59 Å². The molecule has 0 unspecified atom stereocenters.